The molecule has 8 heteroatoms. The van der Waals surface area contributed by atoms with E-state index in [1.165, 1.54) is 0 Å². The summed E-state index contributed by atoms with van der Waals surface area (Å²) in [4.78, 5) is 12.8. The van der Waals surface area contributed by atoms with Crippen LogP contribution in [0.3, 0.4) is 0 Å². The number of pyridine rings is 1. The molecule has 0 atom stereocenters. The van der Waals surface area contributed by atoms with E-state index in [-0.39, 0.29) is 17.6 Å². The summed E-state index contributed by atoms with van der Waals surface area (Å²) >= 11 is 12.6. The molecule has 128 valence electrons. The largest absolute Gasteiger partial charge is 0.368 e. The van der Waals surface area contributed by atoms with E-state index in [4.69, 9.17) is 34.7 Å². The Morgan fingerprint density at radius 1 is 1.24 bits per heavy atom. The van der Waals surface area contributed by atoms with Crippen molar-refractivity contribution in [1.82, 2.24) is 19.5 Å². The first-order chi connectivity index (χ1) is 11.9. The third kappa shape index (κ3) is 3.27. The van der Waals surface area contributed by atoms with Crippen molar-refractivity contribution in [2.75, 3.05) is 12.3 Å². The van der Waals surface area contributed by atoms with Gasteiger partial charge in [0.05, 0.1) is 29.7 Å². The summed E-state index contributed by atoms with van der Waals surface area (Å²) in [7, 11) is 0. The minimum atomic E-state index is 0.0989. The van der Waals surface area contributed by atoms with Gasteiger partial charge in [-0.25, -0.2) is 4.98 Å². The number of nitrogens with two attached hydrogens (primary N) is 2. The van der Waals surface area contributed by atoms with Gasteiger partial charge in [0, 0.05) is 17.4 Å². The number of hydrogen-bond acceptors (Lipinski definition) is 5. The van der Waals surface area contributed by atoms with Gasteiger partial charge in [-0.15, -0.1) is 0 Å². The molecule has 0 aromatic carbocycles. The van der Waals surface area contributed by atoms with Crippen LogP contribution in [-0.4, -0.2) is 26.1 Å². The summed E-state index contributed by atoms with van der Waals surface area (Å²) in [6.45, 7) is 4.56. The molecule has 25 heavy (non-hydrogen) atoms. The van der Waals surface area contributed by atoms with Crippen LogP contribution in [0.5, 0.6) is 0 Å². The molecule has 0 aliphatic rings. The molecule has 0 saturated carbocycles. The molecule has 3 heterocycles. The summed E-state index contributed by atoms with van der Waals surface area (Å²) in [6, 6.07) is 0. The van der Waals surface area contributed by atoms with Crippen LogP contribution in [0.2, 0.25) is 10.2 Å². The van der Waals surface area contributed by atoms with Gasteiger partial charge >= 0.3 is 0 Å². The van der Waals surface area contributed by atoms with Crippen molar-refractivity contribution in [2.24, 2.45) is 5.73 Å². The van der Waals surface area contributed by atoms with Crippen LogP contribution < -0.4 is 11.5 Å². The second kappa shape index (κ2) is 6.89. The lowest BCUT2D eigenvalue weighted by Gasteiger charge is -2.10. The maximum atomic E-state index is 6.34. The van der Waals surface area contributed by atoms with E-state index in [9.17, 15) is 0 Å². The molecule has 0 aliphatic heterocycles. The Kier molecular flexibility index (Phi) is 4.82. The summed E-state index contributed by atoms with van der Waals surface area (Å²) in [5.74, 6) is 5.93. The first-order valence-electron chi connectivity index (χ1n) is 7.53. The van der Waals surface area contributed by atoms with E-state index in [1.807, 2.05) is 24.6 Å². The van der Waals surface area contributed by atoms with Crippen molar-refractivity contribution in [3.63, 3.8) is 0 Å². The van der Waals surface area contributed by atoms with Crippen molar-refractivity contribution in [1.29, 1.82) is 0 Å². The molecular formula is C17H16Cl2N6. The highest BCUT2D eigenvalue weighted by Crippen LogP contribution is 2.28. The van der Waals surface area contributed by atoms with Gasteiger partial charge < -0.3 is 16.0 Å². The number of halogens is 2. The van der Waals surface area contributed by atoms with E-state index in [2.05, 4.69) is 26.8 Å². The molecule has 4 N–H and O–H groups in total. The predicted molar refractivity (Wildman–Crippen MR) is 101 cm³/mol. The first-order valence-corrected chi connectivity index (χ1v) is 8.29. The zero-order chi connectivity index (χ0) is 18.1. The van der Waals surface area contributed by atoms with Crippen LogP contribution in [0.25, 0.3) is 11.0 Å². The van der Waals surface area contributed by atoms with Gasteiger partial charge in [-0.1, -0.05) is 35.0 Å². The molecule has 0 spiro atoms. The van der Waals surface area contributed by atoms with E-state index in [1.54, 1.807) is 6.20 Å². The maximum absolute atomic E-state index is 6.34. The summed E-state index contributed by atoms with van der Waals surface area (Å²) in [5.41, 5.74) is 15.2. The lowest BCUT2D eigenvalue weighted by Crippen LogP contribution is -2.06. The molecule has 0 saturated heterocycles. The third-order valence-corrected chi connectivity index (χ3v) is 4.71. The summed E-state index contributed by atoms with van der Waals surface area (Å²) in [6.07, 6.45) is 3.60. The van der Waals surface area contributed by atoms with Gasteiger partial charge in [-0.3, -0.25) is 4.98 Å². The lowest BCUT2D eigenvalue weighted by molar-refractivity contribution is 0.788. The van der Waals surface area contributed by atoms with Crippen LogP contribution in [-0.2, 0) is 6.54 Å². The van der Waals surface area contributed by atoms with E-state index in [0.717, 1.165) is 16.8 Å². The molecule has 0 radical (unpaired) electrons. The highest BCUT2D eigenvalue weighted by molar-refractivity contribution is 6.34. The molecule has 3 aromatic heterocycles. The molecule has 0 amide bonds. The number of fused-ring (bicyclic) bond motifs is 1. The second-order valence-corrected chi connectivity index (χ2v) is 6.31. The number of nitrogen functional groups attached to an aromatic ring is 1. The molecule has 3 rings (SSSR count). The maximum Gasteiger partial charge on any atom is 0.223 e. The third-order valence-electron chi connectivity index (χ3n) is 3.86. The molecular weight excluding hydrogens is 359 g/mol. The van der Waals surface area contributed by atoms with Crippen LogP contribution in [0.1, 0.15) is 22.4 Å². The number of aromatic nitrogens is 4. The van der Waals surface area contributed by atoms with E-state index >= 15 is 0 Å². The molecule has 0 aliphatic carbocycles. The summed E-state index contributed by atoms with van der Waals surface area (Å²) < 4.78 is 1.89. The number of hydrogen-bond donors (Lipinski definition) is 2. The molecule has 0 fully saturated rings. The van der Waals surface area contributed by atoms with Crippen LogP contribution >= 0.6 is 23.2 Å². The van der Waals surface area contributed by atoms with Crippen molar-refractivity contribution in [2.45, 2.75) is 20.4 Å². The average molecular weight is 375 g/mol. The monoisotopic (exact) mass is 374 g/mol. The van der Waals surface area contributed by atoms with E-state index < -0.39 is 0 Å². The van der Waals surface area contributed by atoms with Gasteiger partial charge in [0.15, 0.2) is 0 Å². The van der Waals surface area contributed by atoms with Crippen LogP contribution in [0.15, 0.2) is 12.4 Å². The minimum Gasteiger partial charge on any atom is -0.368 e. The fraction of sp³-hybridized carbons (Fsp3) is 0.235. The minimum absolute atomic E-state index is 0.0989. The Balaban J connectivity index is 2.18. The summed E-state index contributed by atoms with van der Waals surface area (Å²) in [5, 5.41) is 1.61. The van der Waals surface area contributed by atoms with Gasteiger partial charge in [0.2, 0.25) is 5.95 Å². The molecule has 0 unspecified atom stereocenters. The van der Waals surface area contributed by atoms with Gasteiger partial charge in [0.25, 0.3) is 0 Å². The molecule has 3 aromatic rings. The van der Waals surface area contributed by atoms with Gasteiger partial charge in [0.1, 0.15) is 10.8 Å². The average Bonchev–Trinajstić information content (AvgIpc) is 2.91. The van der Waals surface area contributed by atoms with Gasteiger partial charge in [-0.2, -0.15) is 4.98 Å². The molecule has 0 bridgehead atoms. The number of rotatable bonds is 2. The Labute approximate surface area is 155 Å². The van der Waals surface area contributed by atoms with E-state index in [0.29, 0.717) is 28.2 Å². The first kappa shape index (κ1) is 17.5. The Morgan fingerprint density at radius 3 is 2.72 bits per heavy atom. The highest BCUT2D eigenvalue weighted by atomic mass is 35.5. The second-order valence-electron chi connectivity index (χ2n) is 5.57. The normalized spacial score (nSPS) is 10.8. The highest BCUT2D eigenvalue weighted by Gasteiger charge is 2.16. The van der Waals surface area contributed by atoms with Crippen molar-refractivity contribution in [3.05, 3.63) is 45.0 Å². The Hall–Kier alpha value is -2.33. The zero-order valence-electron chi connectivity index (χ0n) is 13.8. The number of nitrogens with zero attached hydrogens (tertiary/aromatic N) is 4. The Morgan fingerprint density at radius 2 is 2.00 bits per heavy atom. The fourth-order valence-corrected chi connectivity index (χ4v) is 3.02. The Bertz CT molecular complexity index is 1030. The quantitative estimate of drug-likeness (QED) is 0.530. The predicted octanol–water partition coefficient (Wildman–Crippen LogP) is 2.69. The van der Waals surface area contributed by atoms with Crippen molar-refractivity contribution >= 4 is 40.2 Å². The fourth-order valence-electron chi connectivity index (χ4n) is 2.59. The van der Waals surface area contributed by atoms with Crippen molar-refractivity contribution in [3.8, 4) is 11.8 Å². The number of anilines is 1. The molecule has 6 nitrogen and oxygen atoms in total. The lowest BCUT2D eigenvalue weighted by atomic mass is 10.1. The van der Waals surface area contributed by atoms with Gasteiger partial charge in [-0.05, 0) is 25.0 Å². The standard InChI is InChI=1S/C17H16Cl2N6/c1-9-6-22-12(10(2)14(9)18)8-25-7-11(4-3-5-20)13-15(19)23-17(21)24-16(13)25/h6-7H,5,8,20H2,1-2H3,(H2,21,23,24). The van der Waals surface area contributed by atoms with Crippen molar-refractivity contribution < 1.29 is 0 Å². The SMILES string of the molecule is Cc1cnc(Cn2cc(C#CCN)c3c(Cl)nc(N)nc32)c(C)c1Cl. The smallest absolute Gasteiger partial charge is 0.223 e. The topological polar surface area (TPSA) is 95.6 Å². The zero-order valence-corrected chi connectivity index (χ0v) is 15.3. The number of aryl methyl sites for hydroxylation is 1. The van der Waals surface area contributed by atoms with Crippen LogP contribution in [0.4, 0.5) is 5.95 Å². The van der Waals surface area contributed by atoms with Crippen LogP contribution in [0, 0.1) is 25.7 Å².